The fraction of sp³-hybridized carbons (Fsp3) is 0.200. The maximum absolute atomic E-state index is 12.2. The molecule has 0 amide bonds. The smallest absolute Gasteiger partial charge is 0.339 e. The molecule has 21 heavy (non-hydrogen) atoms. The minimum atomic E-state index is -3.98. The Hall–Kier alpha value is -1.89. The molecule has 2 rings (SSSR count). The molecule has 0 unspecified atom stereocenters. The molecule has 0 bridgehead atoms. The van der Waals surface area contributed by atoms with Crippen LogP contribution in [0.5, 0.6) is 5.75 Å². The summed E-state index contributed by atoms with van der Waals surface area (Å²) in [6.45, 7) is 1.25. The maximum atomic E-state index is 12.2. The second-order valence-corrected chi connectivity index (χ2v) is 6.16. The van der Waals surface area contributed by atoms with Crippen molar-refractivity contribution in [3.63, 3.8) is 0 Å². The molecule has 0 aliphatic heterocycles. The maximum Gasteiger partial charge on any atom is 0.339 e. The highest BCUT2D eigenvalue weighted by atomic mass is 32.2. The van der Waals surface area contributed by atoms with E-state index in [0.717, 1.165) is 5.56 Å². The summed E-state index contributed by atoms with van der Waals surface area (Å²) in [5, 5.41) is 18.4. The lowest BCUT2D eigenvalue weighted by Gasteiger charge is -2.11. The third kappa shape index (κ3) is 3.60. The van der Waals surface area contributed by atoms with Crippen molar-refractivity contribution in [2.75, 3.05) is 0 Å². The van der Waals surface area contributed by atoms with Crippen molar-refractivity contribution in [2.24, 2.45) is 0 Å². The zero-order chi connectivity index (χ0) is 15.5. The van der Waals surface area contributed by atoms with Gasteiger partial charge in [0.2, 0.25) is 0 Å². The van der Waals surface area contributed by atoms with Crippen LogP contribution < -0.4 is 4.18 Å². The number of aliphatic hydroxyl groups excluding tert-OH is 2. The zero-order valence-electron chi connectivity index (χ0n) is 11.5. The van der Waals surface area contributed by atoms with Crippen molar-refractivity contribution < 1.29 is 22.8 Å². The topological polar surface area (TPSA) is 83.8 Å². The molecule has 0 spiro atoms. The van der Waals surface area contributed by atoms with E-state index in [1.54, 1.807) is 18.2 Å². The molecule has 0 atom stereocenters. The van der Waals surface area contributed by atoms with E-state index in [2.05, 4.69) is 0 Å². The molecular weight excluding hydrogens is 292 g/mol. The number of hydrogen-bond donors (Lipinski definition) is 2. The SMILES string of the molecule is Cc1ccc(S(=O)(=O)Oc2cc(CO)ccc2CO)cc1. The second kappa shape index (κ2) is 6.26. The third-order valence-electron chi connectivity index (χ3n) is 2.99. The molecular formula is C15H16O5S. The largest absolute Gasteiger partial charge is 0.392 e. The van der Waals surface area contributed by atoms with Crippen LogP contribution in [0.3, 0.4) is 0 Å². The van der Waals surface area contributed by atoms with E-state index < -0.39 is 10.1 Å². The highest BCUT2D eigenvalue weighted by molar-refractivity contribution is 7.87. The predicted molar refractivity (Wildman–Crippen MR) is 77.3 cm³/mol. The summed E-state index contributed by atoms with van der Waals surface area (Å²) in [5.41, 5.74) is 1.77. The van der Waals surface area contributed by atoms with Crippen LogP contribution in [0.15, 0.2) is 47.4 Å². The Morgan fingerprint density at radius 2 is 1.67 bits per heavy atom. The van der Waals surface area contributed by atoms with Gasteiger partial charge in [-0.15, -0.1) is 0 Å². The molecule has 112 valence electrons. The lowest BCUT2D eigenvalue weighted by atomic mass is 10.1. The average molecular weight is 308 g/mol. The fourth-order valence-electron chi connectivity index (χ4n) is 1.78. The summed E-state index contributed by atoms with van der Waals surface area (Å²) < 4.78 is 29.5. The molecule has 0 aliphatic carbocycles. The van der Waals surface area contributed by atoms with Crippen molar-refractivity contribution in [3.8, 4) is 5.75 Å². The van der Waals surface area contributed by atoms with Gasteiger partial charge in [0, 0.05) is 5.56 Å². The fourth-order valence-corrected chi connectivity index (χ4v) is 2.73. The van der Waals surface area contributed by atoms with Gasteiger partial charge in [0.15, 0.2) is 0 Å². The van der Waals surface area contributed by atoms with Crippen LogP contribution in [-0.2, 0) is 23.3 Å². The van der Waals surface area contributed by atoms with Gasteiger partial charge in [-0.2, -0.15) is 8.42 Å². The van der Waals surface area contributed by atoms with E-state index in [9.17, 15) is 13.5 Å². The number of aliphatic hydroxyl groups is 2. The number of hydrogen-bond acceptors (Lipinski definition) is 5. The predicted octanol–water partition coefficient (Wildman–Crippen LogP) is 1.75. The lowest BCUT2D eigenvalue weighted by Crippen LogP contribution is -2.11. The first-order valence-corrected chi connectivity index (χ1v) is 7.72. The molecule has 2 aromatic carbocycles. The first-order valence-electron chi connectivity index (χ1n) is 6.31. The quantitative estimate of drug-likeness (QED) is 0.822. The Bertz CT molecular complexity index is 720. The molecule has 2 N–H and O–H groups in total. The summed E-state index contributed by atoms with van der Waals surface area (Å²) in [6, 6.07) is 10.8. The molecule has 5 nitrogen and oxygen atoms in total. The summed E-state index contributed by atoms with van der Waals surface area (Å²) in [5.74, 6) is 0.0182. The summed E-state index contributed by atoms with van der Waals surface area (Å²) >= 11 is 0. The highest BCUT2D eigenvalue weighted by Gasteiger charge is 2.18. The first-order chi connectivity index (χ1) is 9.96. The van der Waals surface area contributed by atoms with Crippen molar-refractivity contribution in [2.45, 2.75) is 25.0 Å². The van der Waals surface area contributed by atoms with Gasteiger partial charge in [-0.1, -0.05) is 29.8 Å². The van der Waals surface area contributed by atoms with Crippen LogP contribution in [0.1, 0.15) is 16.7 Å². The normalized spacial score (nSPS) is 11.4. The molecule has 0 saturated heterocycles. The van der Waals surface area contributed by atoms with Crippen molar-refractivity contribution in [1.29, 1.82) is 0 Å². The molecule has 0 fully saturated rings. The summed E-state index contributed by atoms with van der Waals surface area (Å²) in [7, 11) is -3.98. The summed E-state index contributed by atoms with van der Waals surface area (Å²) in [6.07, 6.45) is 0. The molecule has 0 radical (unpaired) electrons. The van der Waals surface area contributed by atoms with Crippen molar-refractivity contribution in [1.82, 2.24) is 0 Å². The van der Waals surface area contributed by atoms with Gasteiger partial charge in [-0.3, -0.25) is 0 Å². The Balaban J connectivity index is 2.38. The Labute approximate surface area is 123 Å². The monoisotopic (exact) mass is 308 g/mol. The first kappa shape index (κ1) is 15.5. The van der Waals surface area contributed by atoms with Gasteiger partial charge in [-0.25, -0.2) is 0 Å². The number of benzene rings is 2. The Morgan fingerprint density at radius 3 is 2.24 bits per heavy atom. The van der Waals surface area contributed by atoms with Crippen LogP contribution >= 0.6 is 0 Å². The van der Waals surface area contributed by atoms with Crippen molar-refractivity contribution in [3.05, 3.63) is 59.2 Å². The lowest BCUT2D eigenvalue weighted by molar-refractivity contribution is 0.275. The number of aryl methyl sites for hydroxylation is 1. The van der Waals surface area contributed by atoms with Gasteiger partial charge in [-0.05, 0) is 30.7 Å². The van der Waals surface area contributed by atoms with E-state index in [0.29, 0.717) is 11.1 Å². The minimum absolute atomic E-state index is 0.0182. The highest BCUT2D eigenvalue weighted by Crippen LogP contribution is 2.25. The van der Waals surface area contributed by atoms with Crippen LogP contribution in [0.4, 0.5) is 0 Å². The van der Waals surface area contributed by atoms with Gasteiger partial charge >= 0.3 is 10.1 Å². The number of rotatable bonds is 5. The van der Waals surface area contributed by atoms with Gasteiger partial charge in [0.1, 0.15) is 10.6 Å². The molecule has 0 saturated carbocycles. The molecule has 6 heteroatoms. The van der Waals surface area contributed by atoms with Crippen LogP contribution in [-0.4, -0.2) is 18.6 Å². The molecule has 0 aliphatic rings. The second-order valence-electron chi connectivity index (χ2n) is 4.61. The van der Waals surface area contributed by atoms with E-state index in [1.807, 2.05) is 6.92 Å². The van der Waals surface area contributed by atoms with Crippen LogP contribution in [0.2, 0.25) is 0 Å². The van der Waals surface area contributed by atoms with Crippen LogP contribution in [0.25, 0.3) is 0 Å². The molecule has 2 aromatic rings. The Morgan fingerprint density at radius 1 is 1.00 bits per heavy atom. The van der Waals surface area contributed by atoms with Crippen LogP contribution in [0, 0.1) is 6.92 Å². The Kier molecular flexibility index (Phi) is 4.62. The van der Waals surface area contributed by atoms with Crippen molar-refractivity contribution >= 4 is 10.1 Å². The summed E-state index contributed by atoms with van der Waals surface area (Å²) in [4.78, 5) is 0.0337. The standard InChI is InChI=1S/C15H16O5S/c1-11-2-6-14(7-3-11)21(18,19)20-15-8-12(9-16)4-5-13(15)10-17/h2-8,16-17H,9-10H2,1H3. The van der Waals surface area contributed by atoms with Gasteiger partial charge in [0.25, 0.3) is 0 Å². The minimum Gasteiger partial charge on any atom is -0.392 e. The molecule has 0 aromatic heterocycles. The third-order valence-corrected chi connectivity index (χ3v) is 4.24. The van der Waals surface area contributed by atoms with Gasteiger partial charge < -0.3 is 14.4 Å². The van der Waals surface area contributed by atoms with Gasteiger partial charge in [0.05, 0.1) is 13.2 Å². The average Bonchev–Trinajstić information content (AvgIpc) is 2.47. The molecule has 0 heterocycles. The van der Waals surface area contributed by atoms with E-state index in [1.165, 1.54) is 24.3 Å². The van der Waals surface area contributed by atoms with E-state index in [-0.39, 0.29) is 23.9 Å². The zero-order valence-corrected chi connectivity index (χ0v) is 12.3. The van der Waals surface area contributed by atoms with E-state index >= 15 is 0 Å². The van der Waals surface area contributed by atoms with E-state index in [4.69, 9.17) is 9.29 Å².